The van der Waals surface area contributed by atoms with E-state index in [1.807, 2.05) is 76.2 Å². The molecule has 0 amide bonds. The Morgan fingerprint density at radius 3 is 1.74 bits per heavy atom. The number of allylic oxidation sites excluding steroid dienone is 3. The van der Waals surface area contributed by atoms with Crippen molar-refractivity contribution in [3.05, 3.63) is 164 Å². The van der Waals surface area contributed by atoms with Gasteiger partial charge in [-0.1, -0.05) is 72.3 Å². The van der Waals surface area contributed by atoms with Crippen molar-refractivity contribution in [2.75, 3.05) is 28.4 Å². The number of carboxylic acid groups (broad SMARTS) is 3. The first-order valence-corrected chi connectivity index (χ1v) is 18.3. The van der Waals surface area contributed by atoms with Crippen LogP contribution in [-0.4, -0.2) is 78.5 Å². The minimum Gasteiger partial charge on any atom is -0.496 e. The van der Waals surface area contributed by atoms with E-state index in [1.165, 1.54) is 70.9 Å². The molecule has 0 aliphatic heterocycles. The zero-order valence-corrected chi connectivity index (χ0v) is 35.2. The number of nitrogens with zero attached hydrogens (tertiary/aromatic N) is 1. The third kappa shape index (κ3) is 19.6. The Balaban J connectivity index is 0.000000383. The molecular weight excluding hydrogens is 790 g/mol. The molecule has 3 N–H and O–H groups in total. The maximum Gasteiger partial charge on any atom is 0.335 e. The second-order valence-electron chi connectivity index (χ2n) is 12.8. The summed E-state index contributed by atoms with van der Waals surface area (Å²) in [5, 5.41) is 36.3. The highest BCUT2D eigenvalue weighted by molar-refractivity contribution is 5.89. The number of nitro groups is 1. The second-order valence-corrected chi connectivity index (χ2v) is 12.8. The van der Waals surface area contributed by atoms with E-state index in [0.717, 1.165) is 27.8 Å². The lowest BCUT2D eigenvalue weighted by Crippen LogP contribution is -2.11. The number of rotatable bonds is 10. The van der Waals surface area contributed by atoms with Gasteiger partial charge < -0.3 is 34.3 Å². The van der Waals surface area contributed by atoms with Crippen molar-refractivity contribution in [2.45, 2.75) is 40.5 Å². The van der Waals surface area contributed by atoms with Crippen LogP contribution in [-0.2, 0) is 30.3 Å². The molecule has 0 saturated carbocycles. The molecule has 1 aliphatic rings. The van der Waals surface area contributed by atoms with Gasteiger partial charge in [-0.15, -0.1) is 0 Å². The summed E-state index contributed by atoms with van der Waals surface area (Å²) in [5.74, 6) is -2.57. The first kappa shape index (κ1) is 51.5. The molecular formula is C46H51NO14. The molecule has 0 radical (unpaired) electrons. The number of carboxylic acids is 3. The number of hydrogen-bond donors (Lipinski definition) is 3. The number of esters is 2. The molecule has 1 atom stereocenters. The lowest BCUT2D eigenvalue weighted by Gasteiger charge is -2.10. The fourth-order valence-corrected chi connectivity index (χ4v) is 4.77. The summed E-state index contributed by atoms with van der Waals surface area (Å²) in [7, 11) is 5.65. The molecule has 15 heteroatoms. The van der Waals surface area contributed by atoms with Crippen LogP contribution in [0.3, 0.4) is 0 Å². The van der Waals surface area contributed by atoms with E-state index in [4.69, 9.17) is 24.8 Å². The first-order valence-electron chi connectivity index (χ1n) is 18.3. The van der Waals surface area contributed by atoms with Crippen molar-refractivity contribution in [1.29, 1.82) is 0 Å². The van der Waals surface area contributed by atoms with E-state index in [9.17, 15) is 34.1 Å². The molecule has 61 heavy (non-hydrogen) atoms. The van der Waals surface area contributed by atoms with Crippen LogP contribution in [0.1, 0.15) is 61.9 Å². The Morgan fingerprint density at radius 1 is 0.738 bits per heavy atom. The van der Waals surface area contributed by atoms with Crippen LogP contribution >= 0.6 is 0 Å². The van der Waals surface area contributed by atoms with E-state index >= 15 is 0 Å². The zero-order chi connectivity index (χ0) is 46.1. The predicted molar refractivity (Wildman–Crippen MR) is 229 cm³/mol. The van der Waals surface area contributed by atoms with Crippen molar-refractivity contribution in [3.8, 4) is 11.5 Å². The molecule has 0 aromatic heterocycles. The highest BCUT2D eigenvalue weighted by Gasteiger charge is 2.14. The molecule has 0 spiro atoms. The van der Waals surface area contributed by atoms with Crippen molar-refractivity contribution in [3.63, 3.8) is 0 Å². The summed E-state index contributed by atoms with van der Waals surface area (Å²) in [4.78, 5) is 62.9. The number of non-ortho nitro benzene ring substituents is 1. The van der Waals surface area contributed by atoms with Crippen LogP contribution in [0.15, 0.2) is 115 Å². The molecule has 0 bridgehead atoms. The van der Waals surface area contributed by atoms with Crippen molar-refractivity contribution >= 4 is 41.6 Å². The molecule has 5 rings (SSSR count). The van der Waals surface area contributed by atoms with Gasteiger partial charge in [-0.2, -0.15) is 0 Å². The van der Waals surface area contributed by atoms with E-state index in [-0.39, 0.29) is 35.5 Å². The Labute approximate surface area is 354 Å². The Bertz CT molecular complexity index is 2160. The quantitative estimate of drug-likeness (QED) is 0.0589. The first-order chi connectivity index (χ1) is 28.9. The van der Waals surface area contributed by atoms with Gasteiger partial charge in [-0.25, -0.2) is 14.4 Å². The largest absolute Gasteiger partial charge is 0.496 e. The average molecular weight is 842 g/mol. The third-order valence-corrected chi connectivity index (χ3v) is 8.49. The van der Waals surface area contributed by atoms with Crippen LogP contribution in [0.2, 0.25) is 0 Å². The number of aliphatic carboxylic acids is 1. The third-order valence-electron chi connectivity index (χ3n) is 8.49. The number of aryl methyl sites for hydroxylation is 2. The molecule has 0 heterocycles. The van der Waals surface area contributed by atoms with Gasteiger partial charge in [-0.05, 0) is 86.7 Å². The molecule has 15 nitrogen and oxygen atoms in total. The van der Waals surface area contributed by atoms with E-state index in [0.29, 0.717) is 29.0 Å². The van der Waals surface area contributed by atoms with Gasteiger partial charge in [-0.3, -0.25) is 19.7 Å². The fourth-order valence-electron chi connectivity index (χ4n) is 4.77. The number of carbonyl (C=O) groups is 5. The number of carbonyl (C=O) groups excluding carboxylic acids is 2. The SMILES string of the molecule is CC1=CCC(C(=O)O)C=C1.COC(=O)C=Cc1ccccc1.COC(=O)Cc1ccc([N+](=O)[O-])cc1.COc1cc(C(=O)O)cc(OC)c1C.Cc1ccc(C(=O)O)cc1C. The van der Waals surface area contributed by atoms with Crippen LogP contribution in [0, 0.1) is 36.8 Å². The summed E-state index contributed by atoms with van der Waals surface area (Å²) >= 11 is 0. The number of hydrogen-bond acceptors (Lipinski definition) is 11. The molecule has 1 unspecified atom stereocenters. The highest BCUT2D eigenvalue weighted by Crippen LogP contribution is 2.29. The van der Waals surface area contributed by atoms with Crippen LogP contribution < -0.4 is 9.47 Å². The fraction of sp³-hybridized carbons (Fsp3) is 0.239. The molecule has 4 aromatic carbocycles. The standard InChI is InChI=1S/C10H12O4.C10H10O2.C9H9NO4.C9H10O2.C8H10O2/c1-6-8(13-2)4-7(10(11)12)5-9(6)14-3;1-12-10(11)8-7-9-5-3-2-4-6-9;1-14-9(11)6-7-2-4-8(5-3-7)10(12)13;1-6-3-4-8(9(10)11)5-7(6)2;1-6-2-4-7(5-3-6)8(9)10/h4-5H,1-3H3,(H,11,12);2-8H,1H3;2-5H,6H2,1H3;3-5H,1-2H3,(H,10,11);2-4,7H,5H2,1H3,(H,9,10). The van der Waals surface area contributed by atoms with Gasteiger partial charge in [0, 0.05) is 23.8 Å². The summed E-state index contributed by atoms with van der Waals surface area (Å²) in [6.07, 6.45) is 9.41. The zero-order valence-electron chi connectivity index (χ0n) is 35.2. The minimum atomic E-state index is -0.999. The maximum absolute atomic E-state index is 10.8. The lowest BCUT2D eigenvalue weighted by atomic mass is 9.98. The number of ether oxygens (including phenoxy) is 4. The van der Waals surface area contributed by atoms with Crippen LogP contribution in [0.5, 0.6) is 11.5 Å². The van der Waals surface area contributed by atoms with E-state index in [1.54, 1.807) is 24.3 Å². The second kappa shape index (κ2) is 27.2. The lowest BCUT2D eigenvalue weighted by molar-refractivity contribution is -0.384. The van der Waals surface area contributed by atoms with Gasteiger partial charge >= 0.3 is 29.8 Å². The normalized spacial score (nSPS) is 12.1. The monoisotopic (exact) mass is 841 g/mol. The Kier molecular flexibility index (Phi) is 22.9. The van der Waals surface area contributed by atoms with Crippen molar-refractivity contribution in [1.82, 2.24) is 0 Å². The summed E-state index contributed by atoms with van der Waals surface area (Å²) in [6.45, 7) is 7.64. The predicted octanol–water partition coefficient (Wildman–Crippen LogP) is 8.49. The van der Waals surface area contributed by atoms with Crippen molar-refractivity contribution in [2.24, 2.45) is 5.92 Å². The van der Waals surface area contributed by atoms with Gasteiger partial charge in [0.25, 0.3) is 5.69 Å². The van der Waals surface area contributed by atoms with E-state index in [2.05, 4.69) is 9.47 Å². The topological polar surface area (TPSA) is 226 Å². The van der Waals surface area contributed by atoms with Gasteiger partial charge in [0.15, 0.2) is 0 Å². The highest BCUT2D eigenvalue weighted by atomic mass is 16.6. The van der Waals surface area contributed by atoms with Gasteiger partial charge in [0.1, 0.15) is 11.5 Å². The summed E-state index contributed by atoms with van der Waals surface area (Å²) < 4.78 is 19.0. The smallest absolute Gasteiger partial charge is 0.335 e. The van der Waals surface area contributed by atoms with E-state index < -0.39 is 22.8 Å². The molecule has 0 saturated heterocycles. The number of methoxy groups -OCH3 is 4. The molecule has 1 aliphatic carbocycles. The number of aromatic carboxylic acids is 2. The van der Waals surface area contributed by atoms with Gasteiger partial charge in [0.2, 0.25) is 0 Å². The van der Waals surface area contributed by atoms with Crippen LogP contribution in [0.25, 0.3) is 6.08 Å². The molecule has 4 aromatic rings. The van der Waals surface area contributed by atoms with Crippen LogP contribution in [0.4, 0.5) is 5.69 Å². The minimum absolute atomic E-state index is 0.0126. The molecule has 0 fully saturated rings. The number of benzene rings is 4. The average Bonchev–Trinajstić information content (AvgIpc) is 3.25. The Hall–Kier alpha value is -7.55. The maximum atomic E-state index is 10.8. The molecule has 324 valence electrons. The van der Waals surface area contributed by atoms with Crippen molar-refractivity contribution < 1.29 is 63.2 Å². The summed E-state index contributed by atoms with van der Waals surface area (Å²) in [5.41, 5.74) is 6.29. The number of nitro benzene ring substituents is 1. The summed E-state index contributed by atoms with van der Waals surface area (Å²) in [6, 6.07) is 23.4. The Morgan fingerprint density at radius 2 is 1.31 bits per heavy atom. The van der Waals surface area contributed by atoms with Gasteiger partial charge in [0.05, 0.1) is 56.8 Å².